The summed E-state index contributed by atoms with van der Waals surface area (Å²) < 4.78 is 1.55. The van der Waals surface area contributed by atoms with Crippen molar-refractivity contribution < 1.29 is 9.72 Å². The Labute approximate surface area is 124 Å². The fraction of sp³-hybridized carbons (Fsp3) is 0.250. The van der Waals surface area contributed by atoms with Crippen molar-refractivity contribution in [1.29, 1.82) is 0 Å². The van der Waals surface area contributed by atoms with Crippen molar-refractivity contribution in [1.82, 2.24) is 14.8 Å². The Balaban J connectivity index is 2.10. The Bertz CT molecular complexity index is 685. The van der Waals surface area contributed by atoms with Gasteiger partial charge in [-0.2, -0.15) is 4.98 Å². The van der Waals surface area contributed by atoms with Gasteiger partial charge in [0.05, 0.1) is 11.3 Å². The first-order valence-corrected chi connectivity index (χ1v) is 7.21. The van der Waals surface area contributed by atoms with Gasteiger partial charge >= 0.3 is 0 Å². The minimum absolute atomic E-state index is 0.0774. The zero-order valence-electron chi connectivity index (χ0n) is 11.4. The second kappa shape index (κ2) is 6.35. The number of aryl methyl sites for hydroxylation is 1. The standard InChI is InChI=1S/C12H13N5O3S/c1-16-12(21-2)14-11(15-16)13-10(18)7-8-5-3-4-6-9(8)17(19)20/h3-6H,7H2,1-2H3,(H,13,15,18). The molecule has 8 nitrogen and oxygen atoms in total. The van der Waals surface area contributed by atoms with Crippen LogP contribution in [0.5, 0.6) is 0 Å². The van der Waals surface area contributed by atoms with Gasteiger partial charge in [-0.1, -0.05) is 30.0 Å². The van der Waals surface area contributed by atoms with Gasteiger partial charge in [-0.25, -0.2) is 4.68 Å². The van der Waals surface area contributed by atoms with Crippen molar-refractivity contribution in [3.63, 3.8) is 0 Å². The van der Waals surface area contributed by atoms with Gasteiger partial charge in [-0.05, 0) is 6.26 Å². The summed E-state index contributed by atoms with van der Waals surface area (Å²) >= 11 is 1.40. The van der Waals surface area contributed by atoms with Crippen molar-refractivity contribution in [2.75, 3.05) is 11.6 Å². The minimum atomic E-state index is -0.506. The molecule has 0 aliphatic carbocycles. The number of hydrogen-bond donors (Lipinski definition) is 1. The molecule has 1 amide bonds. The first kappa shape index (κ1) is 15.0. The number of nitrogens with zero attached hydrogens (tertiary/aromatic N) is 4. The maximum atomic E-state index is 11.9. The van der Waals surface area contributed by atoms with E-state index in [2.05, 4.69) is 15.4 Å². The molecular formula is C12H13N5O3S. The van der Waals surface area contributed by atoms with Gasteiger partial charge in [0.15, 0.2) is 5.16 Å². The molecule has 2 aromatic rings. The second-order valence-corrected chi connectivity index (χ2v) is 4.93. The summed E-state index contributed by atoms with van der Waals surface area (Å²) in [5.74, 6) is -0.215. The number of benzene rings is 1. The number of hydrogen-bond acceptors (Lipinski definition) is 6. The molecule has 0 saturated carbocycles. The van der Waals surface area contributed by atoms with Crippen molar-refractivity contribution in [2.45, 2.75) is 11.6 Å². The summed E-state index contributed by atoms with van der Waals surface area (Å²) in [7, 11) is 1.72. The van der Waals surface area contributed by atoms with Gasteiger partial charge in [0.2, 0.25) is 11.9 Å². The molecule has 1 aromatic heterocycles. The summed E-state index contributed by atoms with van der Waals surface area (Å²) in [6.45, 7) is 0. The van der Waals surface area contributed by atoms with E-state index in [1.807, 2.05) is 6.26 Å². The van der Waals surface area contributed by atoms with Gasteiger partial charge in [-0.15, -0.1) is 5.10 Å². The molecule has 9 heteroatoms. The Hall–Kier alpha value is -2.42. The SMILES string of the molecule is CSc1nc(NC(=O)Cc2ccccc2[N+](=O)[O-])nn1C. The monoisotopic (exact) mass is 307 g/mol. The minimum Gasteiger partial charge on any atom is -0.293 e. The maximum absolute atomic E-state index is 11.9. The lowest BCUT2D eigenvalue weighted by Crippen LogP contribution is -2.16. The largest absolute Gasteiger partial charge is 0.293 e. The van der Waals surface area contributed by atoms with Crippen molar-refractivity contribution in [2.24, 2.45) is 7.05 Å². The van der Waals surface area contributed by atoms with Gasteiger partial charge in [-0.3, -0.25) is 20.2 Å². The number of thioether (sulfide) groups is 1. The number of rotatable bonds is 5. The Kier molecular flexibility index (Phi) is 4.53. The molecule has 0 fully saturated rings. The number of nitro groups is 1. The third-order valence-corrected chi connectivity index (χ3v) is 3.42. The van der Waals surface area contributed by atoms with Crippen LogP contribution >= 0.6 is 11.8 Å². The van der Waals surface area contributed by atoms with Crippen molar-refractivity contribution in [3.8, 4) is 0 Å². The summed E-state index contributed by atoms with van der Waals surface area (Å²) in [5.41, 5.74) is 0.271. The number of carbonyl (C=O) groups excluding carboxylic acids is 1. The van der Waals surface area contributed by atoms with Crippen LogP contribution < -0.4 is 5.32 Å². The number of nitro benzene ring substituents is 1. The zero-order valence-corrected chi connectivity index (χ0v) is 12.3. The van der Waals surface area contributed by atoms with Crippen LogP contribution in [0.1, 0.15) is 5.56 Å². The molecule has 0 spiro atoms. The fourth-order valence-corrected chi connectivity index (χ4v) is 2.26. The highest BCUT2D eigenvalue weighted by molar-refractivity contribution is 7.98. The lowest BCUT2D eigenvalue weighted by atomic mass is 10.1. The molecule has 0 aliphatic heterocycles. The Morgan fingerprint density at radius 2 is 2.19 bits per heavy atom. The maximum Gasteiger partial charge on any atom is 0.273 e. The molecule has 2 rings (SSSR count). The highest BCUT2D eigenvalue weighted by Crippen LogP contribution is 2.19. The first-order chi connectivity index (χ1) is 10.0. The number of amides is 1. The molecule has 110 valence electrons. The summed E-state index contributed by atoms with van der Waals surface area (Å²) in [5, 5.41) is 18.1. The number of anilines is 1. The zero-order chi connectivity index (χ0) is 15.4. The average Bonchev–Trinajstić information content (AvgIpc) is 2.78. The molecule has 0 atom stereocenters. The normalized spacial score (nSPS) is 10.4. The van der Waals surface area contributed by atoms with Gasteiger partial charge in [0, 0.05) is 18.7 Å². The van der Waals surface area contributed by atoms with Crippen LogP contribution in [0.15, 0.2) is 29.4 Å². The molecule has 0 aliphatic rings. The van der Waals surface area contributed by atoms with E-state index in [0.29, 0.717) is 10.7 Å². The molecule has 0 unspecified atom stereocenters. The number of aromatic nitrogens is 3. The number of nitrogens with one attached hydrogen (secondary N) is 1. The van der Waals surface area contributed by atoms with Crippen LogP contribution in [0.25, 0.3) is 0 Å². The van der Waals surface area contributed by atoms with E-state index in [4.69, 9.17) is 0 Å². The highest BCUT2D eigenvalue weighted by Gasteiger charge is 2.16. The van der Waals surface area contributed by atoms with E-state index in [-0.39, 0.29) is 18.1 Å². The Morgan fingerprint density at radius 3 is 2.81 bits per heavy atom. The van der Waals surface area contributed by atoms with E-state index in [0.717, 1.165) is 0 Å². The van der Waals surface area contributed by atoms with Crippen LogP contribution in [-0.4, -0.2) is 31.9 Å². The quantitative estimate of drug-likeness (QED) is 0.511. The van der Waals surface area contributed by atoms with Crippen LogP contribution in [0.4, 0.5) is 11.6 Å². The van der Waals surface area contributed by atoms with Crippen molar-refractivity contribution >= 4 is 29.3 Å². The van der Waals surface area contributed by atoms with E-state index in [1.165, 1.54) is 17.8 Å². The van der Waals surface area contributed by atoms with Crippen LogP contribution in [0.2, 0.25) is 0 Å². The summed E-state index contributed by atoms with van der Waals surface area (Å²) in [6.07, 6.45) is 1.74. The van der Waals surface area contributed by atoms with Crippen LogP contribution in [0.3, 0.4) is 0 Å². The van der Waals surface area contributed by atoms with Gasteiger partial charge in [0.1, 0.15) is 0 Å². The number of carbonyl (C=O) groups is 1. The van der Waals surface area contributed by atoms with E-state index >= 15 is 0 Å². The summed E-state index contributed by atoms with van der Waals surface area (Å²) in [4.78, 5) is 26.4. The molecule has 0 radical (unpaired) electrons. The van der Waals surface area contributed by atoms with E-state index in [9.17, 15) is 14.9 Å². The van der Waals surface area contributed by atoms with Crippen LogP contribution in [0, 0.1) is 10.1 Å². The van der Waals surface area contributed by atoms with Gasteiger partial charge in [0.25, 0.3) is 5.69 Å². The second-order valence-electron chi connectivity index (χ2n) is 4.16. The molecule has 0 bridgehead atoms. The molecular weight excluding hydrogens is 294 g/mol. The fourth-order valence-electron chi connectivity index (χ4n) is 1.78. The van der Waals surface area contributed by atoms with Crippen LogP contribution in [-0.2, 0) is 18.3 Å². The number of para-hydroxylation sites is 1. The molecule has 1 heterocycles. The topological polar surface area (TPSA) is 103 Å². The predicted octanol–water partition coefficient (Wildman–Crippen LogP) is 1.63. The predicted molar refractivity (Wildman–Crippen MR) is 78.2 cm³/mol. The molecule has 21 heavy (non-hydrogen) atoms. The molecule has 0 saturated heterocycles. The third kappa shape index (κ3) is 3.57. The van der Waals surface area contributed by atoms with E-state index < -0.39 is 10.8 Å². The molecule has 1 N–H and O–H groups in total. The molecule has 1 aromatic carbocycles. The van der Waals surface area contributed by atoms with Crippen molar-refractivity contribution in [3.05, 3.63) is 39.9 Å². The smallest absolute Gasteiger partial charge is 0.273 e. The highest BCUT2D eigenvalue weighted by atomic mass is 32.2. The lowest BCUT2D eigenvalue weighted by molar-refractivity contribution is -0.385. The third-order valence-electron chi connectivity index (χ3n) is 2.70. The Morgan fingerprint density at radius 1 is 1.48 bits per heavy atom. The first-order valence-electron chi connectivity index (χ1n) is 5.98. The van der Waals surface area contributed by atoms with Gasteiger partial charge < -0.3 is 0 Å². The lowest BCUT2D eigenvalue weighted by Gasteiger charge is -2.02. The summed E-state index contributed by atoms with van der Waals surface area (Å²) in [6, 6.07) is 6.13. The average molecular weight is 307 g/mol. The van der Waals surface area contributed by atoms with E-state index in [1.54, 1.807) is 29.9 Å².